The molecular formula is C20H28N6O4. The Bertz CT molecular complexity index is 882. The molecule has 1 fully saturated rings. The van der Waals surface area contributed by atoms with Crippen LogP contribution < -0.4 is 36.3 Å². The maximum atomic E-state index is 11.9. The van der Waals surface area contributed by atoms with Crippen molar-refractivity contribution in [2.75, 3.05) is 32.0 Å². The van der Waals surface area contributed by atoms with Crippen LogP contribution in [0.15, 0.2) is 18.3 Å². The number of anilines is 3. The van der Waals surface area contributed by atoms with Crippen LogP contribution in [0.25, 0.3) is 0 Å². The number of rotatable bonds is 8. The van der Waals surface area contributed by atoms with Crippen molar-refractivity contribution in [3.63, 3.8) is 0 Å². The van der Waals surface area contributed by atoms with Gasteiger partial charge < -0.3 is 36.3 Å². The highest BCUT2D eigenvalue weighted by molar-refractivity contribution is 5.98. The van der Waals surface area contributed by atoms with Gasteiger partial charge in [0.25, 0.3) is 5.91 Å². The molecule has 30 heavy (non-hydrogen) atoms. The van der Waals surface area contributed by atoms with Crippen LogP contribution in [0.4, 0.5) is 17.5 Å². The van der Waals surface area contributed by atoms with Gasteiger partial charge in [-0.2, -0.15) is 4.98 Å². The molecule has 2 aromatic rings. The first kappa shape index (κ1) is 21.4. The van der Waals surface area contributed by atoms with E-state index in [0.717, 1.165) is 25.7 Å². The summed E-state index contributed by atoms with van der Waals surface area (Å²) in [6.07, 6.45) is 5.51. The van der Waals surface area contributed by atoms with Crippen molar-refractivity contribution < 1.29 is 19.0 Å². The topological polar surface area (TPSA) is 147 Å². The lowest BCUT2D eigenvalue weighted by atomic mass is 9.91. The Kier molecular flexibility index (Phi) is 6.78. The Hall–Kier alpha value is -3.27. The highest BCUT2D eigenvalue weighted by Gasteiger charge is 2.23. The van der Waals surface area contributed by atoms with E-state index in [4.69, 9.17) is 25.7 Å². The Labute approximate surface area is 175 Å². The first-order chi connectivity index (χ1) is 14.5. The molecule has 10 heteroatoms. The molecule has 0 spiro atoms. The minimum atomic E-state index is -0.647. The summed E-state index contributed by atoms with van der Waals surface area (Å²) in [5.41, 5.74) is 12.5. The maximum Gasteiger partial charge on any atom is 0.254 e. The molecule has 0 aliphatic heterocycles. The first-order valence-corrected chi connectivity index (χ1v) is 9.72. The third kappa shape index (κ3) is 4.65. The normalized spacial score (nSPS) is 18.4. The number of hydrogen-bond donors (Lipinski definition) is 4. The second kappa shape index (κ2) is 9.49. The second-order valence-electron chi connectivity index (χ2n) is 7.06. The molecule has 0 bridgehead atoms. The Morgan fingerprint density at radius 3 is 2.33 bits per heavy atom. The Morgan fingerprint density at radius 1 is 1.10 bits per heavy atom. The van der Waals surface area contributed by atoms with E-state index < -0.39 is 5.91 Å². The summed E-state index contributed by atoms with van der Waals surface area (Å²) >= 11 is 0. The Balaban J connectivity index is 1.93. The summed E-state index contributed by atoms with van der Waals surface area (Å²) in [7, 11) is 4.57. The van der Waals surface area contributed by atoms with Crippen LogP contribution in [0.3, 0.4) is 0 Å². The molecule has 1 amide bonds. The van der Waals surface area contributed by atoms with E-state index >= 15 is 0 Å². The van der Waals surface area contributed by atoms with E-state index in [2.05, 4.69) is 20.6 Å². The fraction of sp³-hybridized carbons (Fsp3) is 0.450. The van der Waals surface area contributed by atoms with Gasteiger partial charge in [0.2, 0.25) is 11.7 Å². The Morgan fingerprint density at radius 2 is 1.77 bits per heavy atom. The zero-order chi connectivity index (χ0) is 21.7. The van der Waals surface area contributed by atoms with Gasteiger partial charge in [-0.15, -0.1) is 0 Å². The largest absolute Gasteiger partial charge is 0.493 e. The number of primary amides is 1. The van der Waals surface area contributed by atoms with E-state index in [-0.39, 0.29) is 23.5 Å². The van der Waals surface area contributed by atoms with Crippen LogP contribution in [0.5, 0.6) is 17.2 Å². The highest BCUT2D eigenvalue weighted by Crippen LogP contribution is 2.40. The number of methoxy groups -OCH3 is 3. The van der Waals surface area contributed by atoms with E-state index in [9.17, 15) is 4.79 Å². The first-order valence-electron chi connectivity index (χ1n) is 9.72. The number of nitrogens with zero attached hydrogens (tertiary/aromatic N) is 2. The molecule has 162 valence electrons. The third-order valence-electron chi connectivity index (χ3n) is 5.12. The van der Waals surface area contributed by atoms with Crippen molar-refractivity contribution in [3.05, 3.63) is 23.9 Å². The summed E-state index contributed by atoms with van der Waals surface area (Å²) in [5, 5.41) is 6.38. The number of nitrogens with one attached hydrogen (secondary N) is 2. The summed E-state index contributed by atoms with van der Waals surface area (Å²) in [6, 6.07) is 3.52. The van der Waals surface area contributed by atoms with Gasteiger partial charge in [-0.3, -0.25) is 4.79 Å². The molecule has 0 unspecified atom stereocenters. The molecular weight excluding hydrogens is 388 g/mol. The molecule has 10 nitrogen and oxygen atoms in total. The fourth-order valence-corrected chi connectivity index (χ4v) is 3.52. The quantitative estimate of drug-likeness (QED) is 0.507. The van der Waals surface area contributed by atoms with Crippen molar-refractivity contribution in [3.8, 4) is 17.2 Å². The summed E-state index contributed by atoms with van der Waals surface area (Å²) in [5.74, 6) is 1.36. The van der Waals surface area contributed by atoms with Crippen molar-refractivity contribution in [2.45, 2.75) is 37.8 Å². The lowest BCUT2D eigenvalue weighted by molar-refractivity contribution is 0.100. The molecule has 1 aliphatic rings. The number of carbonyl (C=O) groups excluding carboxylic acids is 1. The van der Waals surface area contributed by atoms with Gasteiger partial charge in [-0.1, -0.05) is 12.8 Å². The highest BCUT2D eigenvalue weighted by atomic mass is 16.5. The van der Waals surface area contributed by atoms with Gasteiger partial charge in [0.1, 0.15) is 11.4 Å². The SMILES string of the molecule is COc1cc(Nc2nc(N[C@@H]3CCCC[C@@H]3N)ncc2C(N)=O)cc(OC)c1OC. The van der Waals surface area contributed by atoms with Gasteiger partial charge in [0, 0.05) is 36.1 Å². The lowest BCUT2D eigenvalue weighted by Gasteiger charge is -2.29. The number of amides is 1. The fourth-order valence-electron chi connectivity index (χ4n) is 3.52. The monoisotopic (exact) mass is 416 g/mol. The zero-order valence-corrected chi connectivity index (χ0v) is 17.4. The van der Waals surface area contributed by atoms with Crippen molar-refractivity contribution in [1.29, 1.82) is 0 Å². The number of hydrogen-bond acceptors (Lipinski definition) is 9. The molecule has 1 saturated carbocycles. The van der Waals surface area contributed by atoms with Crippen LogP contribution in [-0.4, -0.2) is 49.3 Å². The minimum Gasteiger partial charge on any atom is -0.493 e. The average molecular weight is 416 g/mol. The summed E-state index contributed by atoms with van der Waals surface area (Å²) < 4.78 is 16.1. The second-order valence-corrected chi connectivity index (χ2v) is 7.06. The number of aromatic nitrogens is 2. The van der Waals surface area contributed by atoms with E-state index in [0.29, 0.717) is 28.9 Å². The van der Waals surface area contributed by atoms with Gasteiger partial charge >= 0.3 is 0 Å². The van der Waals surface area contributed by atoms with Crippen LogP contribution in [0, 0.1) is 0 Å². The summed E-state index contributed by atoms with van der Waals surface area (Å²) in [4.78, 5) is 20.6. The number of ether oxygens (including phenoxy) is 3. The zero-order valence-electron chi connectivity index (χ0n) is 17.4. The lowest BCUT2D eigenvalue weighted by Crippen LogP contribution is -2.43. The van der Waals surface area contributed by atoms with Crippen molar-refractivity contribution in [1.82, 2.24) is 9.97 Å². The molecule has 0 radical (unpaired) electrons. The number of benzene rings is 1. The molecule has 1 aliphatic carbocycles. The molecule has 1 aromatic carbocycles. The van der Waals surface area contributed by atoms with E-state index in [1.54, 1.807) is 12.1 Å². The smallest absolute Gasteiger partial charge is 0.254 e. The average Bonchev–Trinajstić information content (AvgIpc) is 2.74. The van der Waals surface area contributed by atoms with Crippen LogP contribution in [-0.2, 0) is 0 Å². The van der Waals surface area contributed by atoms with Gasteiger partial charge in [0.05, 0.1) is 21.3 Å². The van der Waals surface area contributed by atoms with Crippen molar-refractivity contribution >= 4 is 23.4 Å². The summed E-state index contributed by atoms with van der Waals surface area (Å²) in [6.45, 7) is 0. The molecule has 1 aromatic heterocycles. The molecule has 1 heterocycles. The molecule has 2 atom stereocenters. The number of nitrogens with two attached hydrogens (primary N) is 2. The molecule has 0 saturated heterocycles. The predicted molar refractivity (Wildman–Crippen MR) is 114 cm³/mol. The predicted octanol–water partition coefficient (Wildman–Crippen LogP) is 2.03. The maximum absolute atomic E-state index is 11.9. The minimum absolute atomic E-state index is 0.0321. The van der Waals surface area contributed by atoms with Gasteiger partial charge in [-0.25, -0.2) is 4.98 Å². The standard InChI is InChI=1S/C20H28N6O4/c1-28-15-8-11(9-16(29-2)17(15)30-3)24-19-12(18(22)27)10-23-20(26-19)25-14-7-5-4-6-13(14)21/h8-10,13-14H,4-7,21H2,1-3H3,(H2,22,27)(H2,23,24,25,26)/t13-,14+/m0/s1. The van der Waals surface area contributed by atoms with E-state index in [1.807, 2.05) is 0 Å². The van der Waals surface area contributed by atoms with Crippen LogP contribution in [0.1, 0.15) is 36.0 Å². The third-order valence-corrected chi connectivity index (χ3v) is 5.12. The van der Waals surface area contributed by atoms with Crippen molar-refractivity contribution in [2.24, 2.45) is 11.5 Å². The molecule has 3 rings (SSSR count). The molecule has 6 N–H and O–H groups in total. The van der Waals surface area contributed by atoms with Gasteiger partial charge in [-0.05, 0) is 12.8 Å². The van der Waals surface area contributed by atoms with E-state index in [1.165, 1.54) is 27.5 Å². The van der Waals surface area contributed by atoms with Crippen LogP contribution >= 0.6 is 0 Å². The number of carbonyl (C=O) groups is 1. The van der Waals surface area contributed by atoms with Crippen LogP contribution in [0.2, 0.25) is 0 Å². The van der Waals surface area contributed by atoms with Gasteiger partial charge in [0.15, 0.2) is 11.5 Å².